The molecule has 0 bridgehead atoms. The largest absolute Gasteiger partial charge is 0.315 e. The minimum absolute atomic E-state index is 0.0116. The molecule has 0 spiro atoms. The van der Waals surface area contributed by atoms with E-state index in [0.29, 0.717) is 5.56 Å². The molecule has 5 nitrogen and oxygen atoms in total. The molecule has 2 aliphatic rings. The summed E-state index contributed by atoms with van der Waals surface area (Å²) in [7, 11) is -3.09. The van der Waals surface area contributed by atoms with Crippen molar-refractivity contribution in [1.82, 2.24) is 0 Å². The molecule has 2 aromatic carbocycles. The number of hydrogen-bond donors (Lipinski definition) is 0. The van der Waals surface area contributed by atoms with Crippen LogP contribution in [0.5, 0.6) is 0 Å². The SMILES string of the molecule is CC(=O)c1cccc(N2C(SCc3ccc(C)cc3)=N[C@@H]3CS(=O)(=O)C[C@H]32)c1. The number of nitrogens with zero attached hydrogens (tertiary/aromatic N) is 2. The van der Waals surface area contributed by atoms with E-state index in [0.717, 1.165) is 16.6 Å². The lowest BCUT2D eigenvalue weighted by atomic mass is 10.1. The van der Waals surface area contributed by atoms with Gasteiger partial charge in [0.25, 0.3) is 0 Å². The number of sulfone groups is 1. The first kappa shape index (κ1) is 19.2. The lowest BCUT2D eigenvalue weighted by molar-refractivity contribution is 0.101. The van der Waals surface area contributed by atoms with Crippen molar-refractivity contribution < 1.29 is 13.2 Å². The summed E-state index contributed by atoms with van der Waals surface area (Å²) in [5.74, 6) is 0.936. The average Bonchev–Trinajstić information content (AvgIpc) is 3.12. The molecule has 2 aromatic rings. The lowest BCUT2D eigenvalue weighted by Gasteiger charge is -2.26. The molecule has 0 saturated carbocycles. The fourth-order valence-electron chi connectivity index (χ4n) is 3.64. The smallest absolute Gasteiger partial charge is 0.164 e. The Kier molecular flexibility index (Phi) is 5.05. The van der Waals surface area contributed by atoms with Gasteiger partial charge in [0, 0.05) is 17.0 Å². The fraction of sp³-hybridized carbons (Fsp3) is 0.333. The number of carbonyl (C=O) groups is 1. The Hall–Kier alpha value is -2.12. The number of carbonyl (C=O) groups excluding carboxylic acids is 1. The molecule has 146 valence electrons. The Balaban J connectivity index is 1.64. The minimum atomic E-state index is -3.09. The Bertz CT molecular complexity index is 1050. The van der Waals surface area contributed by atoms with Crippen molar-refractivity contribution in [2.24, 2.45) is 4.99 Å². The van der Waals surface area contributed by atoms with Gasteiger partial charge in [0.15, 0.2) is 20.8 Å². The second-order valence-corrected chi connectivity index (χ2v) is 10.5. The van der Waals surface area contributed by atoms with Crippen LogP contribution in [0.2, 0.25) is 0 Å². The highest BCUT2D eigenvalue weighted by Crippen LogP contribution is 2.36. The van der Waals surface area contributed by atoms with Crippen molar-refractivity contribution in [3.05, 3.63) is 65.2 Å². The van der Waals surface area contributed by atoms with Crippen molar-refractivity contribution in [2.75, 3.05) is 16.4 Å². The molecule has 2 atom stereocenters. The molecule has 28 heavy (non-hydrogen) atoms. The van der Waals surface area contributed by atoms with Crippen LogP contribution in [0.25, 0.3) is 0 Å². The van der Waals surface area contributed by atoms with Crippen LogP contribution in [-0.4, -0.2) is 43.0 Å². The topological polar surface area (TPSA) is 66.8 Å². The van der Waals surface area contributed by atoms with Crippen molar-refractivity contribution in [3.8, 4) is 0 Å². The van der Waals surface area contributed by atoms with Crippen molar-refractivity contribution >= 4 is 38.2 Å². The second kappa shape index (κ2) is 7.37. The van der Waals surface area contributed by atoms with Gasteiger partial charge in [0.1, 0.15) is 0 Å². The van der Waals surface area contributed by atoms with Gasteiger partial charge in [-0.1, -0.05) is 53.7 Å². The quantitative estimate of drug-likeness (QED) is 0.717. The number of benzene rings is 2. The van der Waals surface area contributed by atoms with Gasteiger partial charge in [-0.2, -0.15) is 0 Å². The van der Waals surface area contributed by atoms with Crippen molar-refractivity contribution in [1.29, 1.82) is 0 Å². The predicted octanol–water partition coefficient (Wildman–Crippen LogP) is 3.47. The molecular formula is C21H22N2O3S2. The van der Waals surface area contributed by atoms with Crippen LogP contribution in [0.4, 0.5) is 5.69 Å². The molecule has 0 amide bonds. The number of ketones is 1. The van der Waals surface area contributed by atoms with Crippen LogP contribution in [-0.2, 0) is 15.6 Å². The molecule has 0 aromatic heterocycles. The van der Waals surface area contributed by atoms with E-state index >= 15 is 0 Å². The minimum Gasteiger partial charge on any atom is -0.315 e. The summed E-state index contributed by atoms with van der Waals surface area (Å²) in [6.07, 6.45) is 0. The number of anilines is 1. The number of amidine groups is 1. The van der Waals surface area contributed by atoms with Crippen LogP contribution >= 0.6 is 11.8 Å². The summed E-state index contributed by atoms with van der Waals surface area (Å²) in [4.78, 5) is 18.6. The molecule has 1 fully saturated rings. The number of fused-ring (bicyclic) bond motifs is 1. The number of aryl methyl sites for hydroxylation is 1. The zero-order valence-electron chi connectivity index (χ0n) is 15.8. The first-order valence-electron chi connectivity index (χ1n) is 9.19. The van der Waals surface area contributed by atoms with Crippen LogP contribution in [0.3, 0.4) is 0 Å². The number of rotatable bonds is 4. The van der Waals surface area contributed by atoms with Crippen LogP contribution < -0.4 is 4.90 Å². The predicted molar refractivity (Wildman–Crippen MR) is 115 cm³/mol. The first-order valence-corrected chi connectivity index (χ1v) is 12.0. The summed E-state index contributed by atoms with van der Waals surface area (Å²) in [5.41, 5.74) is 3.85. The van der Waals surface area contributed by atoms with Gasteiger partial charge in [0.05, 0.1) is 23.6 Å². The maximum absolute atomic E-state index is 12.2. The van der Waals surface area contributed by atoms with Gasteiger partial charge in [-0.3, -0.25) is 9.79 Å². The Labute approximate surface area is 169 Å². The van der Waals surface area contributed by atoms with Crippen LogP contribution in [0.1, 0.15) is 28.4 Å². The summed E-state index contributed by atoms with van der Waals surface area (Å²) < 4.78 is 24.3. The van der Waals surface area contributed by atoms with Gasteiger partial charge >= 0.3 is 0 Å². The van der Waals surface area contributed by atoms with Crippen LogP contribution in [0.15, 0.2) is 53.5 Å². The Morgan fingerprint density at radius 1 is 1.18 bits per heavy atom. The third-order valence-electron chi connectivity index (χ3n) is 5.13. The first-order chi connectivity index (χ1) is 13.3. The van der Waals surface area contributed by atoms with E-state index in [-0.39, 0.29) is 29.4 Å². The van der Waals surface area contributed by atoms with E-state index < -0.39 is 9.84 Å². The van der Waals surface area contributed by atoms with Crippen molar-refractivity contribution in [3.63, 3.8) is 0 Å². The molecule has 2 heterocycles. The average molecular weight is 415 g/mol. The van der Waals surface area contributed by atoms with E-state index in [1.54, 1.807) is 17.8 Å². The van der Waals surface area contributed by atoms with E-state index in [4.69, 9.17) is 4.99 Å². The normalized spacial score (nSPS) is 22.8. The summed E-state index contributed by atoms with van der Waals surface area (Å²) in [6.45, 7) is 3.59. The standard InChI is InChI=1S/C21H22N2O3S2/c1-14-6-8-16(9-7-14)11-27-21-22-19-12-28(25,26)13-20(19)23(21)18-5-3-4-17(10-18)15(2)24/h3-10,19-20H,11-13H2,1-2H3/t19-,20-/m1/s1. The highest BCUT2D eigenvalue weighted by atomic mass is 32.2. The van der Waals surface area contributed by atoms with E-state index in [1.807, 2.05) is 23.1 Å². The third-order valence-corrected chi connectivity index (χ3v) is 7.86. The van der Waals surface area contributed by atoms with Gasteiger partial charge < -0.3 is 4.90 Å². The van der Waals surface area contributed by atoms with Gasteiger partial charge in [0.2, 0.25) is 0 Å². The third kappa shape index (κ3) is 3.86. The second-order valence-electron chi connectivity index (χ2n) is 7.37. The molecule has 7 heteroatoms. The number of thioether (sulfide) groups is 1. The Morgan fingerprint density at radius 2 is 1.93 bits per heavy atom. The zero-order valence-corrected chi connectivity index (χ0v) is 17.5. The van der Waals surface area contributed by atoms with Gasteiger partial charge in [-0.05, 0) is 31.5 Å². The molecule has 0 N–H and O–H groups in total. The van der Waals surface area contributed by atoms with Gasteiger partial charge in [-0.15, -0.1) is 0 Å². The van der Waals surface area contributed by atoms with E-state index in [1.165, 1.54) is 18.1 Å². The summed E-state index contributed by atoms with van der Waals surface area (Å²) in [5, 5.41) is 0.825. The number of Topliss-reactive ketones (excluding diaryl/α,β-unsaturated/α-hetero) is 1. The fourth-order valence-corrected chi connectivity index (χ4v) is 6.56. The Morgan fingerprint density at radius 3 is 2.64 bits per heavy atom. The highest BCUT2D eigenvalue weighted by Gasteiger charge is 2.47. The summed E-state index contributed by atoms with van der Waals surface area (Å²) in [6, 6.07) is 15.3. The molecule has 0 unspecified atom stereocenters. The molecular weight excluding hydrogens is 392 g/mol. The monoisotopic (exact) mass is 414 g/mol. The molecule has 0 radical (unpaired) electrons. The van der Waals surface area contributed by atoms with Crippen LogP contribution in [0, 0.1) is 6.92 Å². The molecule has 0 aliphatic carbocycles. The summed E-state index contributed by atoms with van der Waals surface area (Å²) >= 11 is 1.61. The molecule has 2 aliphatic heterocycles. The van der Waals surface area contributed by atoms with E-state index in [9.17, 15) is 13.2 Å². The maximum Gasteiger partial charge on any atom is 0.164 e. The molecule has 1 saturated heterocycles. The highest BCUT2D eigenvalue weighted by molar-refractivity contribution is 8.13. The zero-order chi connectivity index (χ0) is 19.9. The van der Waals surface area contributed by atoms with E-state index in [2.05, 4.69) is 31.2 Å². The number of hydrogen-bond acceptors (Lipinski definition) is 6. The molecule has 4 rings (SSSR count). The van der Waals surface area contributed by atoms with Crippen molar-refractivity contribution in [2.45, 2.75) is 31.7 Å². The number of aliphatic imine (C=N–C) groups is 1. The maximum atomic E-state index is 12.2. The van der Waals surface area contributed by atoms with Gasteiger partial charge in [-0.25, -0.2) is 8.42 Å². The lowest BCUT2D eigenvalue weighted by Crippen LogP contribution is -2.39.